The van der Waals surface area contributed by atoms with E-state index in [0.717, 1.165) is 5.69 Å². The van der Waals surface area contributed by atoms with Gasteiger partial charge in [-0.1, -0.05) is 24.3 Å². The van der Waals surface area contributed by atoms with E-state index in [2.05, 4.69) is 15.0 Å². The number of hydrogen-bond donors (Lipinski definition) is 1. The summed E-state index contributed by atoms with van der Waals surface area (Å²) < 4.78 is 46.1. The van der Waals surface area contributed by atoms with Gasteiger partial charge in [0.1, 0.15) is 18.1 Å². The van der Waals surface area contributed by atoms with Crippen molar-refractivity contribution in [2.75, 3.05) is 5.32 Å². The highest BCUT2D eigenvalue weighted by atomic mass is 32.1. The maximum absolute atomic E-state index is 12.3. The number of aromatic nitrogens is 1. The Morgan fingerprint density at radius 2 is 1.86 bits per heavy atom. The van der Waals surface area contributed by atoms with Crippen molar-refractivity contribution in [3.05, 3.63) is 70.7 Å². The standard InChI is InChI=1S/C19H15F3N2O3S/c20-19(21,22)27-15-7-5-13(6-8-15)9-18(25)24-16-3-1-2-4-17(16)26-10-14-11-28-12-23-14/h1-8,11-12H,9-10H2,(H,24,25). The average molecular weight is 408 g/mol. The number of para-hydroxylation sites is 2. The third-order valence-electron chi connectivity index (χ3n) is 3.54. The lowest BCUT2D eigenvalue weighted by molar-refractivity contribution is -0.274. The smallest absolute Gasteiger partial charge is 0.485 e. The fourth-order valence-electron chi connectivity index (χ4n) is 2.35. The van der Waals surface area contributed by atoms with Crippen LogP contribution in [0.25, 0.3) is 0 Å². The van der Waals surface area contributed by atoms with Crippen molar-refractivity contribution in [2.45, 2.75) is 19.4 Å². The van der Waals surface area contributed by atoms with Crippen LogP contribution in [-0.4, -0.2) is 17.3 Å². The topological polar surface area (TPSA) is 60.5 Å². The molecule has 2 aromatic carbocycles. The summed E-state index contributed by atoms with van der Waals surface area (Å²) in [5, 5.41) is 4.62. The monoisotopic (exact) mass is 408 g/mol. The van der Waals surface area contributed by atoms with Crippen LogP contribution >= 0.6 is 11.3 Å². The molecule has 1 N–H and O–H groups in total. The predicted molar refractivity (Wildman–Crippen MR) is 98.3 cm³/mol. The summed E-state index contributed by atoms with van der Waals surface area (Å²) in [6.07, 6.45) is -4.76. The van der Waals surface area contributed by atoms with Gasteiger partial charge in [0.05, 0.1) is 23.3 Å². The van der Waals surface area contributed by atoms with Gasteiger partial charge in [-0.3, -0.25) is 4.79 Å². The molecule has 0 unspecified atom stereocenters. The molecule has 0 fully saturated rings. The zero-order chi connectivity index (χ0) is 20.0. The zero-order valence-corrected chi connectivity index (χ0v) is 15.2. The van der Waals surface area contributed by atoms with Crippen molar-refractivity contribution < 1.29 is 27.4 Å². The first kappa shape index (κ1) is 19.7. The van der Waals surface area contributed by atoms with Crippen molar-refractivity contribution in [1.29, 1.82) is 0 Å². The molecule has 0 aliphatic heterocycles. The van der Waals surface area contributed by atoms with Crippen LogP contribution < -0.4 is 14.8 Å². The van der Waals surface area contributed by atoms with Crippen LogP contribution in [0.5, 0.6) is 11.5 Å². The number of carbonyl (C=O) groups is 1. The maximum Gasteiger partial charge on any atom is 0.573 e. The number of rotatable bonds is 7. The van der Waals surface area contributed by atoms with Crippen LogP contribution in [0.15, 0.2) is 59.4 Å². The first-order valence-electron chi connectivity index (χ1n) is 8.12. The number of thiazole rings is 1. The summed E-state index contributed by atoms with van der Waals surface area (Å²) in [6, 6.07) is 12.1. The normalized spacial score (nSPS) is 11.1. The lowest BCUT2D eigenvalue weighted by Gasteiger charge is -2.12. The van der Waals surface area contributed by atoms with Crippen LogP contribution in [0, 0.1) is 0 Å². The summed E-state index contributed by atoms with van der Waals surface area (Å²) in [6.45, 7) is 0.275. The Morgan fingerprint density at radius 3 is 2.54 bits per heavy atom. The molecule has 0 saturated heterocycles. The van der Waals surface area contributed by atoms with Gasteiger partial charge in [0.25, 0.3) is 0 Å². The Hall–Kier alpha value is -3.07. The predicted octanol–water partition coefficient (Wildman–Crippen LogP) is 4.80. The van der Waals surface area contributed by atoms with Gasteiger partial charge in [-0.05, 0) is 29.8 Å². The van der Waals surface area contributed by atoms with Crippen LogP contribution in [-0.2, 0) is 17.8 Å². The van der Waals surface area contributed by atoms with Crippen LogP contribution in [0.3, 0.4) is 0 Å². The lowest BCUT2D eigenvalue weighted by atomic mass is 10.1. The zero-order valence-electron chi connectivity index (χ0n) is 14.4. The number of alkyl halides is 3. The second-order valence-corrected chi connectivity index (χ2v) is 6.40. The van der Waals surface area contributed by atoms with Crippen LogP contribution in [0.4, 0.5) is 18.9 Å². The number of amides is 1. The molecule has 1 heterocycles. The number of halogens is 3. The molecule has 9 heteroatoms. The average Bonchev–Trinajstić information content (AvgIpc) is 3.15. The number of anilines is 1. The highest BCUT2D eigenvalue weighted by Crippen LogP contribution is 2.26. The van der Waals surface area contributed by atoms with Crippen LogP contribution in [0.2, 0.25) is 0 Å². The minimum absolute atomic E-state index is 0.00722. The van der Waals surface area contributed by atoms with Crippen molar-refractivity contribution in [1.82, 2.24) is 4.98 Å². The van der Waals surface area contributed by atoms with E-state index in [4.69, 9.17) is 4.74 Å². The fourth-order valence-corrected chi connectivity index (χ4v) is 2.89. The number of hydrogen-bond acceptors (Lipinski definition) is 5. The Bertz CT molecular complexity index is 913. The SMILES string of the molecule is O=C(Cc1ccc(OC(F)(F)F)cc1)Nc1ccccc1OCc1cscn1. The molecule has 0 atom stereocenters. The van der Waals surface area contributed by atoms with E-state index in [-0.39, 0.29) is 24.7 Å². The molecule has 3 aromatic rings. The van der Waals surface area contributed by atoms with Gasteiger partial charge in [0, 0.05) is 5.38 Å². The molecular weight excluding hydrogens is 393 g/mol. The molecule has 0 saturated carbocycles. The first-order valence-corrected chi connectivity index (χ1v) is 9.07. The number of carbonyl (C=O) groups excluding carboxylic acids is 1. The second-order valence-electron chi connectivity index (χ2n) is 5.68. The second kappa shape index (κ2) is 8.75. The minimum atomic E-state index is -4.75. The fraction of sp³-hybridized carbons (Fsp3) is 0.158. The number of nitrogens with zero attached hydrogens (tertiary/aromatic N) is 1. The largest absolute Gasteiger partial charge is 0.573 e. The molecule has 1 aromatic heterocycles. The molecule has 1 amide bonds. The van der Waals surface area contributed by atoms with E-state index in [1.807, 2.05) is 5.38 Å². The Kier molecular flexibility index (Phi) is 6.15. The van der Waals surface area contributed by atoms with Gasteiger partial charge in [-0.15, -0.1) is 24.5 Å². The van der Waals surface area contributed by atoms with E-state index in [9.17, 15) is 18.0 Å². The van der Waals surface area contributed by atoms with Crippen molar-refractivity contribution >= 4 is 22.9 Å². The molecule has 28 heavy (non-hydrogen) atoms. The summed E-state index contributed by atoms with van der Waals surface area (Å²) in [4.78, 5) is 16.4. The summed E-state index contributed by atoms with van der Waals surface area (Å²) in [5.74, 6) is -0.163. The third kappa shape index (κ3) is 5.98. The Morgan fingerprint density at radius 1 is 1.11 bits per heavy atom. The molecule has 0 aliphatic carbocycles. The molecule has 3 rings (SSSR count). The molecule has 0 radical (unpaired) electrons. The highest BCUT2D eigenvalue weighted by molar-refractivity contribution is 7.07. The van der Waals surface area contributed by atoms with Crippen molar-refractivity contribution in [3.8, 4) is 11.5 Å². The van der Waals surface area contributed by atoms with E-state index in [1.54, 1.807) is 29.8 Å². The van der Waals surface area contributed by atoms with Crippen LogP contribution in [0.1, 0.15) is 11.3 Å². The first-order chi connectivity index (χ1) is 13.4. The van der Waals surface area contributed by atoms with Crippen molar-refractivity contribution in [2.24, 2.45) is 0 Å². The Labute approximate surface area is 162 Å². The number of ether oxygens (including phenoxy) is 2. The van der Waals surface area contributed by atoms with Gasteiger partial charge in [0.15, 0.2) is 0 Å². The summed E-state index contributed by atoms with van der Waals surface area (Å²) in [5.41, 5.74) is 3.54. The van der Waals surface area contributed by atoms with Crippen molar-refractivity contribution in [3.63, 3.8) is 0 Å². The van der Waals surface area contributed by atoms with Gasteiger partial charge < -0.3 is 14.8 Å². The van der Waals surface area contributed by atoms with E-state index < -0.39 is 6.36 Å². The molecule has 0 bridgehead atoms. The maximum atomic E-state index is 12.3. The number of benzene rings is 2. The molecule has 5 nitrogen and oxygen atoms in total. The molecular formula is C19H15F3N2O3S. The molecule has 146 valence electrons. The van der Waals surface area contributed by atoms with Gasteiger partial charge in [0.2, 0.25) is 5.91 Å². The minimum Gasteiger partial charge on any atom is -0.485 e. The highest BCUT2D eigenvalue weighted by Gasteiger charge is 2.30. The van der Waals surface area contributed by atoms with Gasteiger partial charge >= 0.3 is 6.36 Å². The van der Waals surface area contributed by atoms with Gasteiger partial charge in [-0.2, -0.15) is 0 Å². The molecule has 0 spiro atoms. The van der Waals surface area contributed by atoms with E-state index >= 15 is 0 Å². The quantitative estimate of drug-likeness (QED) is 0.610. The van der Waals surface area contributed by atoms with E-state index in [0.29, 0.717) is 17.0 Å². The van der Waals surface area contributed by atoms with E-state index in [1.165, 1.54) is 35.6 Å². The lowest BCUT2D eigenvalue weighted by Crippen LogP contribution is -2.17. The van der Waals surface area contributed by atoms with Gasteiger partial charge in [-0.25, -0.2) is 4.98 Å². The Balaban J connectivity index is 1.59. The summed E-state index contributed by atoms with van der Waals surface area (Å²) >= 11 is 1.46. The molecule has 0 aliphatic rings. The number of nitrogens with one attached hydrogen (secondary N) is 1. The summed E-state index contributed by atoms with van der Waals surface area (Å²) in [7, 11) is 0. The third-order valence-corrected chi connectivity index (χ3v) is 4.18.